The van der Waals surface area contributed by atoms with Gasteiger partial charge in [0.2, 0.25) is 0 Å². The summed E-state index contributed by atoms with van der Waals surface area (Å²) < 4.78 is 5.37. The predicted molar refractivity (Wildman–Crippen MR) is 87.0 cm³/mol. The SMILES string of the molecule is CC(C)(C)OC(=O)N1CC[C@H](Cc2ncc(Cl)cn2)C1.S. The molecular formula is C14H22ClN3O2S. The van der Waals surface area contributed by atoms with Crippen LogP contribution in [0.1, 0.15) is 33.0 Å². The quantitative estimate of drug-likeness (QED) is 0.835. The standard InChI is InChI=1S/C14H20ClN3O2.H2S/c1-14(2,3)20-13(19)18-5-4-10(9-18)6-12-16-7-11(15)8-17-12;/h7-8,10H,4-6,9H2,1-3H3;1H2/t10-;/m1./s1. The van der Waals surface area contributed by atoms with Crippen molar-refractivity contribution in [2.75, 3.05) is 13.1 Å². The van der Waals surface area contributed by atoms with Gasteiger partial charge in [0.1, 0.15) is 11.4 Å². The Balaban J connectivity index is 0.00000220. The van der Waals surface area contributed by atoms with Crippen LogP contribution in [-0.4, -0.2) is 39.7 Å². The second kappa shape index (κ2) is 7.31. The van der Waals surface area contributed by atoms with Crippen molar-refractivity contribution >= 4 is 31.2 Å². The fraction of sp³-hybridized carbons (Fsp3) is 0.643. The third-order valence-electron chi connectivity index (χ3n) is 3.08. The maximum Gasteiger partial charge on any atom is 0.410 e. The Morgan fingerprint density at radius 2 is 2.05 bits per heavy atom. The largest absolute Gasteiger partial charge is 0.444 e. The minimum absolute atomic E-state index is 0. The van der Waals surface area contributed by atoms with Crippen LogP contribution in [0.3, 0.4) is 0 Å². The predicted octanol–water partition coefficient (Wildman–Crippen LogP) is 3.04. The van der Waals surface area contributed by atoms with Gasteiger partial charge in [-0.05, 0) is 33.1 Å². The maximum atomic E-state index is 12.0. The van der Waals surface area contributed by atoms with E-state index in [2.05, 4.69) is 9.97 Å². The highest BCUT2D eigenvalue weighted by molar-refractivity contribution is 7.59. The van der Waals surface area contributed by atoms with Crippen LogP contribution in [0, 0.1) is 5.92 Å². The summed E-state index contributed by atoms with van der Waals surface area (Å²) in [5, 5.41) is 0.538. The Bertz CT molecular complexity index is 476. The molecule has 1 aromatic rings. The van der Waals surface area contributed by atoms with Gasteiger partial charge in [0.15, 0.2) is 0 Å². The minimum Gasteiger partial charge on any atom is -0.444 e. The van der Waals surface area contributed by atoms with E-state index in [1.54, 1.807) is 17.3 Å². The van der Waals surface area contributed by atoms with Crippen molar-refractivity contribution in [3.8, 4) is 0 Å². The molecule has 0 saturated carbocycles. The zero-order valence-corrected chi connectivity index (χ0v) is 14.4. The van der Waals surface area contributed by atoms with Crippen LogP contribution in [0.2, 0.25) is 5.02 Å². The minimum atomic E-state index is -0.450. The topological polar surface area (TPSA) is 55.3 Å². The molecular weight excluding hydrogens is 310 g/mol. The molecule has 0 N–H and O–H groups in total. The number of carbonyl (C=O) groups is 1. The molecule has 0 aromatic carbocycles. The van der Waals surface area contributed by atoms with E-state index < -0.39 is 5.60 Å². The van der Waals surface area contributed by atoms with Gasteiger partial charge in [-0.1, -0.05) is 11.6 Å². The number of ether oxygens (including phenoxy) is 1. The fourth-order valence-electron chi connectivity index (χ4n) is 2.19. The molecule has 0 radical (unpaired) electrons. The Labute approximate surface area is 137 Å². The highest BCUT2D eigenvalue weighted by atomic mass is 35.5. The summed E-state index contributed by atoms with van der Waals surface area (Å²) in [4.78, 5) is 22.1. The number of aromatic nitrogens is 2. The molecule has 1 fully saturated rings. The number of amides is 1. The molecule has 2 rings (SSSR count). The number of carbonyl (C=O) groups excluding carboxylic acids is 1. The number of nitrogens with zero attached hydrogens (tertiary/aromatic N) is 3. The Morgan fingerprint density at radius 3 is 2.62 bits per heavy atom. The zero-order chi connectivity index (χ0) is 14.8. The van der Waals surface area contributed by atoms with Gasteiger partial charge in [-0.3, -0.25) is 0 Å². The van der Waals surface area contributed by atoms with Gasteiger partial charge in [-0.25, -0.2) is 14.8 Å². The molecule has 1 saturated heterocycles. The summed E-state index contributed by atoms with van der Waals surface area (Å²) in [5.74, 6) is 1.15. The van der Waals surface area contributed by atoms with Crippen LogP contribution in [0.5, 0.6) is 0 Å². The summed E-state index contributed by atoms with van der Waals surface area (Å²) in [6, 6.07) is 0. The first-order chi connectivity index (χ1) is 9.33. The van der Waals surface area contributed by atoms with Crippen molar-refractivity contribution in [1.82, 2.24) is 14.9 Å². The molecule has 21 heavy (non-hydrogen) atoms. The third kappa shape index (κ3) is 5.71. The molecule has 1 aliphatic heterocycles. The average molecular weight is 332 g/mol. The summed E-state index contributed by atoms with van der Waals surface area (Å²) >= 11 is 5.76. The number of hydrogen-bond acceptors (Lipinski definition) is 4. The van der Waals surface area contributed by atoms with Crippen molar-refractivity contribution in [2.24, 2.45) is 5.92 Å². The van der Waals surface area contributed by atoms with E-state index in [-0.39, 0.29) is 19.6 Å². The summed E-state index contributed by atoms with van der Waals surface area (Å²) in [7, 11) is 0. The number of hydrogen-bond donors (Lipinski definition) is 0. The molecule has 0 bridgehead atoms. The fourth-order valence-corrected chi connectivity index (χ4v) is 2.29. The van der Waals surface area contributed by atoms with Crippen molar-refractivity contribution in [1.29, 1.82) is 0 Å². The van der Waals surface area contributed by atoms with E-state index in [1.165, 1.54) is 0 Å². The molecule has 7 heteroatoms. The Kier molecular flexibility index (Phi) is 6.28. The van der Waals surface area contributed by atoms with Gasteiger partial charge in [-0.2, -0.15) is 13.5 Å². The first-order valence-electron chi connectivity index (χ1n) is 6.78. The molecule has 1 aliphatic rings. The first-order valence-corrected chi connectivity index (χ1v) is 7.15. The van der Waals surface area contributed by atoms with Gasteiger partial charge in [-0.15, -0.1) is 0 Å². The van der Waals surface area contributed by atoms with E-state index in [9.17, 15) is 4.79 Å². The van der Waals surface area contributed by atoms with Crippen LogP contribution in [0.25, 0.3) is 0 Å². The van der Waals surface area contributed by atoms with E-state index in [0.29, 0.717) is 17.5 Å². The molecule has 1 atom stereocenters. The Hall–Kier alpha value is -1.01. The second-order valence-corrected chi connectivity index (χ2v) is 6.54. The van der Waals surface area contributed by atoms with Gasteiger partial charge in [0, 0.05) is 31.9 Å². The van der Waals surface area contributed by atoms with Crippen molar-refractivity contribution in [3.05, 3.63) is 23.2 Å². The first kappa shape index (κ1) is 18.0. The van der Waals surface area contributed by atoms with Crippen LogP contribution in [0.15, 0.2) is 12.4 Å². The lowest BCUT2D eigenvalue weighted by Crippen LogP contribution is -2.35. The molecule has 1 aromatic heterocycles. The smallest absolute Gasteiger partial charge is 0.410 e. The van der Waals surface area contributed by atoms with Gasteiger partial charge < -0.3 is 9.64 Å². The molecule has 0 aliphatic carbocycles. The molecule has 0 unspecified atom stereocenters. The zero-order valence-electron chi connectivity index (χ0n) is 12.6. The van der Waals surface area contributed by atoms with E-state index in [4.69, 9.17) is 16.3 Å². The average Bonchev–Trinajstić information content (AvgIpc) is 2.79. The lowest BCUT2D eigenvalue weighted by Gasteiger charge is -2.24. The summed E-state index contributed by atoms with van der Waals surface area (Å²) in [6.07, 6.45) is 4.67. The van der Waals surface area contributed by atoms with E-state index in [1.807, 2.05) is 20.8 Å². The molecule has 2 heterocycles. The number of rotatable bonds is 2. The van der Waals surface area contributed by atoms with Crippen LogP contribution in [0.4, 0.5) is 4.79 Å². The van der Waals surface area contributed by atoms with Gasteiger partial charge in [0.05, 0.1) is 5.02 Å². The normalized spacial score (nSPS) is 18.3. The maximum absolute atomic E-state index is 12.0. The van der Waals surface area contributed by atoms with Gasteiger partial charge in [0.25, 0.3) is 0 Å². The highest BCUT2D eigenvalue weighted by Crippen LogP contribution is 2.22. The lowest BCUT2D eigenvalue weighted by atomic mass is 10.0. The molecule has 1 amide bonds. The summed E-state index contributed by atoms with van der Waals surface area (Å²) in [6.45, 7) is 7.05. The van der Waals surface area contributed by atoms with Crippen molar-refractivity contribution in [2.45, 2.75) is 39.2 Å². The highest BCUT2D eigenvalue weighted by Gasteiger charge is 2.30. The van der Waals surface area contributed by atoms with E-state index >= 15 is 0 Å². The molecule has 5 nitrogen and oxygen atoms in total. The second-order valence-electron chi connectivity index (χ2n) is 6.10. The number of likely N-dealkylation sites (tertiary alicyclic amines) is 1. The molecule has 118 valence electrons. The summed E-state index contributed by atoms with van der Waals surface area (Å²) in [5.41, 5.74) is -0.450. The van der Waals surface area contributed by atoms with Gasteiger partial charge >= 0.3 is 6.09 Å². The van der Waals surface area contributed by atoms with Crippen LogP contribution in [-0.2, 0) is 11.2 Å². The third-order valence-corrected chi connectivity index (χ3v) is 3.28. The Morgan fingerprint density at radius 1 is 1.43 bits per heavy atom. The van der Waals surface area contributed by atoms with Crippen molar-refractivity contribution in [3.63, 3.8) is 0 Å². The van der Waals surface area contributed by atoms with Crippen LogP contribution >= 0.6 is 25.1 Å². The van der Waals surface area contributed by atoms with Crippen molar-refractivity contribution < 1.29 is 9.53 Å². The van der Waals surface area contributed by atoms with E-state index in [0.717, 1.165) is 25.2 Å². The monoisotopic (exact) mass is 331 g/mol. The molecule has 0 spiro atoms. The number of halogens is 1. The van der Waals surface area contributed by atoms with Crippen LogP contribution < -0.4 is 0 Å². The lowest BCUT2D eigenvalue weighted by molar-refractivity contribution is 0.0288.